The maximum atomic E-state index is 13.1. The highest BCUT2D eigenvalue weighted by Crippen LogP contribution is 2.31. The molecule has 0 fully saturated rings. The third-order valence-electron chi connectivity index (χ3n) is 5.80. The zero-order valence-corrected chi connectivity index (χ0v) is 21.8. The smallest absolute Gasteiger partial charge is 0.261 e. The molecule has 3 N–H and O–H groups in total. The average molecular weight is 525 g/mol. The van der Waals surface area contributed by atoms with Gasteiger partial charge in [-0.1, -0.05) is 52.7 Å². The molecule has 0 bridgehead atoms. The first-order valence-electron chi connectivity index (χ1n) is 11.9. The van der Waals surface area contributed by atoms with E-state index in [1.165, 1.54) is 5.56 Å². The van der Waals surface area contributed by atoms with Crippen LogP contribution in [0.5, 0.6) is 0 Å². The number of aryl methyl sites for hydroxylation is 3. The third kappa shape index (κ3) is 5.66. The molecule has 0 radical (unpaired) electrons. The summed E-state index contributed by atoms with van der Waals surface area (Å²) in [5.41, 5.74) is 5.70. The van der Waals surface area contributed by atoms with Crippen molar-refractivity contribution in [1.29, 1.82) is 0 Å². The van der Waals surface area contributed by atoms with Crippen molar-refractivity contribution in [3.63, 3.8) is 0 Å². The molecule has 190 valence electrons. The van der Waals surface area contributed by atoms with Gasteiger partial charge in [0.1, 0.15) is 22.8 Å². The summed E-state index contributed by atoms with van der Waals surface area (Å²) in [5, 5.41) is 14.0. The van der Waals surface area contributed by atoms with Crippen LogP contribution in [0.15, 0.2) is 83.4 Å². The molecule has 2 heterocycles. The van der Waals surface area contributed by atoms with Crippen LogP contribution in [0.1, 0.15) is 27.4 Å². The van der Waals surface area contributed by atoms with E-state index in [1.807, 2.05) is 68.4 Å². The molecular formula is C29H25ClN6O2. The van der Waals surface area contributed by atoms with E-state index in [0.29, 0.717) is 45.1 Å². The second-order valence-corrected chi connectivity index (χ2v) is 9.22. The second-order valence-electron chi connectivity index (χ2n) is 8.81. The van der Waals surface area contributed by atoms with Gasteiger partial charge in [-0.2, -0.15) is 4.98 Å². The van der Waals surface area contributed by atoms with Gasteiger partial charge in [-0.3, -0.25) is 4.79 Å². The highest BCUT2D eigenvalue weighted by Gasteiger charge is 2.23. The van der Waals surface area contributed by atoms with Crippen molar-refractivity contribution in [3.05, 3.63) is 106 Å². The molecule has 0 saturated heterocycles. The Morgan fingerprint density at radius 3 is 2.21 bits per heavy atom. The number of carbonyl (C=O) groups is 1. The minimum atomic E-state index is -0.340. The first kappa shape index (κ1) is 25.0. The summed E-state index contributed by atoms with van der Waals surface area (Å²) in [4.78, 5) is 22.2. The molecule has 8 nitrogen and oxygen atoms in total. The molecule has 9 heteroatoms. The van der Waals surface area contributed by atoms with Crippen LogP contribution in [0.25, 0.3) is 11.3 Å². The maximum Gasteiger partial charge on any atom is 0.261 e. The van der Waals surface area contributed by atoms with Crippen LogP contribution in [0.3, 0.4) is 0 Å². The lowest BCUT2D eigenvalue weighted by atomic mass is 10.1. The number of nitrogens with zero attached hydrogens (tertiary/aromatic N) is 3. The number of rotatable bonds is 7. The number of nitrogens with one attached hydrogen (secondary N) is 3. The number of benzene rings is 3. The summed E-state index contributed by atoms with van der Waals surface area (Å²) in [7, 11) is 0. The van der Waals surface area contributed by atoms with Crippen LogP contribution in [0, 0.1) is 20.8 Å². The highest BCUT2D eigenvalue weighted by molar-refractivity contribution is 6.33. The fourth-order valence-electron chi connectivity index (χ4n) is 3.91. The molecule has 3 aromatic carbocycles. The Hall–Kier alpha value is -4.69. The standard InChI is InChI=1S/C29H25ClN6O2/c1-17-8-10-20(11-9-17)32-25-16-18(2)31-29(35-25)34-22-14-12-21(13-15-22)33-28(37)26-19(3)38-36-27(26)23-6-4-5-7-24(23)30/h4-16H,1-3H3,(H,33,37)(H2,31,32,34,35). The van der Waals surface area contributed by atoms with E-state index in [9.17, 15) is 4.79 Å². The highest BCUT2D eigenvalue weighted by atomic mass is 35.5. The summed E-state index contributed by atoms with van der Waals surface area (Å²) in [6, 6.07) is 24.4. The molecule has 0 spiro atoms. The van der Waals surface area contributed by atoms with Crippen molar-refractivity contribution in [2.75, 3.05) is 16.0 Å². The summed E-state index contributed by atoms with van der Waals surface area (Å²) in [6.45, 7) is 5.65. The van der Waals surface area contributed by atoms with E-state index < -0.39 is 0 Å². The second kappa shape index (κ2) is 10.7. The third-order valence-corrected chi connectivity index (χ3v) is 6.13. The predicted octanol–water partition coefficient (Wildman–Crippen LogP) is 7.45. The number of amides is 1. The van der Waals surface area contributed by atoms with Gasteiger partial charge in [0, 0.05) is 34.4 Å². The molecule has 38 heavy (non-hydrogen) atoms. The maximum absolute atomic E-state index is 13.1. The van der Waals surface area contributed by atoms with Gasteiger partial charge in [0.25, 0.3) is 5.91 Å². The summed E-state index contributed by atoms with van der Waals surface area (Å²) in [6.07, 6.45) is 0. The van der Waals surface area contributed by atoms with Gasteiger partial charge in [0.2, 0.25) is 5.95 Å². The van der Waals surface area contributed by atoms with Crippen LogP contribution in [0.4, 0.5) is 28.8 Å². The number of hydrogen-bond donors (Lipinski definition) is 3. The van der Waals surface area contributed by atoms with Gasteiger partial charge in [-0.25, -0.2) is 4.98 Å². The van der Waals surface area contributed by atoms with Crippen molar-refractivity contribution in [2.24, 2.45) is 0 Å². The Bertz CT molecular complexity index is 1600. The van der Waals surface area contributed by atoms with Crippen LogP contribution < -0.4 is 16.0 Å². The number of aromatic nitrogens is 3. The molecule has 5 aromatic rings. The Kier molecular flexibility index (Phi) is 7.06. The monoisotopic (exact) mass is 524 g/mol. The molecule has 0 aliphatic heterocycles. The van der Waals surface area contributed by atoms with Crippen LogP contribution in [-0.4, -0.2) is 21.0 Å². The number of halogens is 1. The minimum absolute atomic E-state index is 0.335. The first-order valence-corrected chi connectivity index (χ1v) is 12.3. The lowest BCUT2D eigenvalue weighted by molar-refractivity contribution is 0.102. The summed E-state index contributed by atoms with van der Waals surface area (Å²) < 4.78 is 5.31. The molecular weight excluding hydrogens is 500 g/mol. The van der Waals surface area contributed by atoms with Crippen molar-refractivity contribution in [3.8, 4) is 11.3 Å². The zero-order valence-electron chi connectivity index (χ0n) is 21.0. The number of anilines is 5. The van der Waals surface area contributed by atoms with E-state index in [2.05, 4.69) is 31.1 Å². The van der Waals surface area contributed by atoms with Crippen LogP contribution in [-0.2, 0) is 0 Å². The van der Waals surface area contributed by atoms with Crippen LogP contribution >= 0.6 is 11.6 Å². The lowest BCUT2D eigenvalue weighted by Gasteiger charge is -2.11. The largest absolute Gasteiger partial charge is 0.360 e. The van der Waals surface area contributed by atoms with Crippen LogP contribution in [0.2, 0.25) is 5.02 Å². The van der Waals surface area contributed by atoms with E-state index in [-0.39, 0.29) is 5.91 Å². The van der Waals surface area contributed by atoms with Gasteiger partial charge >= 0.3 is 0 Å². The number of hydrogen-bond acceptors (Lipinski definition) is 7. The van der Waals surface area contributed by atoms with Gasteiger partial charge < -0.3 is 20.5 Å². The van der Waals surface area contributed by atoms with E-state index >= 15 is 0 Å². The van der Waals surface area contributed by atoms with Gasteiger partial charge in [-0.05, 0) is 63.2 Å². The van der Waals surface area contributed by atoms with Gasteiger partial charge in [0.05, 0.1) is 5.02 Å². The quantitative estimate of drug-likeness (QED) is 0.203. The molecule has 0 aliphatic carbocycles. The molecule has 0 aliphatic rings. The fourth-order valence-corrected chi connectivity index (χ4v) is 4.13. The molecule has 0 unspecified atom stereocenters. The fraction of sp³-hybridized carbons (Fsp3) is 0.103. The molecule has 0 atom stereocenters. The van der Waals surface area contributed by atoms with Crippen molar-refractivity contribution >= 4 is 46.3 Å². The Labute approximate surface area is 225 Å². The van der Waals surface area contributed by atoms with E-state index in [4.69, 9.17) is 16.1 Å². The average Bonchev–Trinajstić information content (AvgIpc) is 3.28. The molecule has 0 saturated carbocycles. The van der Waals surface area contributed by atoms with E-state index in [1.54, 1.807) is 31.2 Å². The Morgan fingerprint density at radius 2 is 1.47 bits per heavy atom. The topological polar surface area (TPSA) is 105 Å². The van der Waals surface area contributed by atoms with Crippen molar-refractivity contribution < 1.29 is 9.32 Å². The summed E-state index contributed by atoms with van der Waals surface area (Å²) in [5.74, 6) is 1.21. The van der Waals surface area contributed by atoms with Crippen molar-refractivity contribution in [1.82, 2.24) is 15.1 Å². The SMILES string of the molecule is Cc1ccc(Nc2cc(C)nc(Nc3ccc(NC(=O)c4c(-c5ccccc5Cl)noc4C)cc3)n2)cc1. The van der Waals surface area contributed by atoms with Gasteiger partial charge in [0.15, 0.2) is 0 Å². The zero-order chi connectivity index (χ0) is 26.6. The predicted molar refractivity (Wildman–Crippen MR) is 151 cm³/mol. The molecule has 1 amide bonds. The normalized spacial score (nSPS) is 10.7. The summed E-state index contributed by atoms with van der Waals surface area (Å²) >= 11 is 6.32. The Morgan fingerprint density at radius 1 is 0.816 bits per heavy atom. The molecule has 2 aromatic heterocycles. The lowest BCUT2D eigenvalue weighted by Crippen LogP contribution is -2.13. The Balaban J connectivity index is 1.29. The minimum Gasteiger partial charge on any atom is -0.360 e. The molecule has 5 rings (SSSR count). The first-order chi connectivity index (χ1) is 18.4. The van der Waals surface area contributed by atoms with Gasteiger partial charge in [-0.15, -0.1) is 0 Å². The number of carbonyl (C=O) groups excluding carboxylic acids is 1. The van der Waals surface area contributed by atoms with E-state index in [0.717, 1.165) is 17.1 Å². The van der Waals surface area contributed by atoms with Crippen molar-refractivity contribution in [2.45, 2.75) is 20.8 Å².